The molecule has 2 aromatic carbocycles. The third kappa shape index (κ3) is 4.07. The highest BCUT2D eigenvalue weighted by molar-refractivity contribution is 9.10. The highest BCUT2D eigenvalue weighted by Crippen LogP contribution is 2.38. The maximum atomic E-state index is 13.0. The molecule has 1 heterocycles. The molecule has 130 valence electrons. The van der Waals surface area contributed by atoms with Crippen LogP contribution in [0.15, 0.2) is 40.9 Å². The Bertz CT molecular complexity index is 821. The molecule has 0 aliphatic carbocycles. The lowest BCUT2D eigenvalue weighted by Gasteiger charge is -2.21. The summed E-state index contributed by atoms with van der Waals surface area (Å²) in [5.41, 5.74) is 3.38. The summed E-state index contributed by atoms with van der Waals surface area (Å²) in [6.45, 7) is 2.05. The molecule has 1 aliphatic rings. The summed E-state index contributed by atoms with van der Waals surface area (Å²) in [5.74, 6) is -0.461. The molecule has 0 spiro atoms. The van der Waals surface area contributed by atoms with Crippen molar-refractivity contribution in [2.24, 2.45) is 0 Å². The van der Waals surface area contributed by atoms with Crippen LogP contribution in [0.2, 0.25) is 0 Å². The largest absolute Gasteiger partial charge is 0.324 e. The van der Waals surface area contributed by atoms with Gasteiger partial charge < -0.3 is 10.2 Å². The molecule has 2 amide bonds. The molecule has 1 N–H and O–H groups in total. The molecule has 1 aliphatic heterocycles. The van der Waals surface area contributed by atoms with Gasteiger partial charge in [-0.15, -0.1) is 0 Å². The van der Waals surface area contributed by atoms with E-state index in [2.05, 4.69) is 21.2 Å². The zero-order chi connectivity index (χ0) is 18.0. The fourth-order valence-corrected chi connectivity index (χ4v) is 3.59. The van der Waals surface area contributed by atoms with Crippen molar-refractivity contribution in [1.29, 1.82) is 0 Å². The Labute approximate surface area is 154 Å². The third-order valence-corrected chi connectivity index (χ3v) is 4.64. The molecule has 0 saturated heterocycles. The number of benzene rings is 2. The quantitative estimate of drug-likeness (QED) is 0.834. The van der Waals surface area contributed by atoms with E-state index in [0.717, 1.165) is 27.7 Å². The zero-order valence-corrected chi connectivity index (χ0v) is 15.4. The number of halogens is 2. The molecule has 0 unspecified atom stereocenters. The number of anilines is 2. The van der Waals surface area contributed by atoms with Crippen LogP contribution in [0.5, 0.6) is 0 Å². The van der Waals surface area contributed by atoms with E-state index in [1.54, 1.807) is 17.0 Å². The van der Waals surface area contributed by atoms with Crippen molar-refractivity contribution in [3.63, 3.8) is 0 Å². The number of nitrogens with zero attached hydrogens (tertiary/aromatic N) is 1. The van der Waals surface area contributed by atoms with E-state index in [1.807, 2.05) is 12.1 Å². The van der Waals surface area contributed by atoms with Crippen molar-refractivity contribution in [3.05, 3.63) is 57.8 Å². The Hall–Kier alpha value is -2.21. The SMILES string of the molecule is CC(=O)Nc1cc(Br)cc2c1N(C(=O)CCc1ccc(F)cc1)CC2. The van der Waals surface area contributed by atoms with E-state index < -0.39 is 0 Å². The van der Waals surface area contributed by atoms with Crippen molar-refractivity contribution in [2.75, 3.05) is 16.8 Å². The minimum atomic E-state index is -0.283. The number of aryl methyl sites for hydroxylation is 1. The van der Waals surface area contributed by atoms with Gasteiger partial charge in [0.1, 0.15) is 5.82 Å². The van der Waals surface area contributed by atoms with E-state index in [9.17, 15) is 14.0 Å². The molecule has 0 aromatic heterocycles. The van der Waals surface area contributed by atoms with Crippen LogP contribution in [0.1, 0.15) is 24.5 Å². The normalized spacial score (nSPS) is 12.8. The smallest absolute Gasteiger partial charge is 0.227 e. The molecule has 6 heteroatoms. The predicted molar refractivity (Wildman–Crippen MR) is 99.2 cm³/mol. The van der Waals surface area contributed by atoms with Crippen LogP contribution in [-0.4, -0.2) is 18.4 Å². The lowest BCUT2D eigenvalue weighted by molar-refractivity contribution is -0.118. The molecule has 0 atom stereocenters. The molecular weight excluding hydrogens is 387 g/mol. The highest BCUT2D eigenvalue weighted by atomic mass is 79.9. The summed E-state index contributed by atoms with van der Waals surface area (Å²) in [7, 11) is 0. The molecule has 0 bridgehead atoms. The van der Waals surface area contributed by atoms with Crippen molar-refractivity contribution >= 4 is 39.1 Å². The number of hydrogen-bond donors (Lipinski definition) is 1. The number of nitrogens with one attached hydrogen (secondary N) is 1. The molecule has 2 aromatic rings. The van der Waals surface area contributed by atoms with Gasteiger partial charge in [-0.2, -0.15) is 0 Å². The standard InChI is InChI=1S/C19H18BrFN2O2/c1-12(24)22-17-11-15(20)10-14-8-9-23(19(14)17)18(25)7-4-13-2-5-16(21)6-3-13/h2-3,5-6,10-11H,4,7-9H2,1H3,(H,22,24). The van der Waals surface area contributed by atoms with Gasteiger partial charge in [-0.05, 0) is 48.2 Å². The van der Waals surface area contributed by atoms with Crippen LogP contribution in [0.4, 0.5) is 15.8 Å². The van der Waals surface area contributed by atoms with Crippen molar-refractivity contribution < 1.29 is 14.0 Å². The predicted octanol–water partition coefficient (Wildman–Crippen LogP) is 4.07. The Morgan fingerprint density at radius 1 is 1.24 bits per heavy atom. The lowest BCUT2D eigenvalue weighted by Crippen LogP contribution is -2.30. The topological polar surface area (TPSA) is 49.4 Å². The molecule has 0 radical (unpaired) electrons. The van der Waals surface area contributed by atoms with Crippen molar-refractivity contribution in [3.8, 4) is 0 Å². The summed E-state index contributed by atoms with van der Waals surface area (Å²) < 4.78 is 13.8. The Morgan fingerprint density at radius 3 is 2.64 bits per heavy atom. The first-order chi connectivity index (χ1) is 11.9. The molecular formula is C19H18BrFN2O2. The van der Waals surface area contributed by atoms with E-state index in [1.165, 1.54) is 19.1 Å². The maximum absolute atomic E-state index is 13.0. The van der Waals surface area contributed by atoms with Crippen LogP contribution in [0, 0.1) is 5.82 Å². The third-order valence-electron chi connectivity index (χ3n) is 4.18. The minimum absolute atomic E-state index is 0.00278. The summed E-state index contributed by atoms with van der Waals surface area (Å²) in [4.78, 5) is 25.9. The number of carbonyl (C=O) groups is 2. The Kier molecular flexibility index (Phi) is 5.18. The number of amides is 2. The molecule has 25 heavy (non-hydrogen) atoms. The molecule has 0 saturated carbocycles. The average Bonchev–Trinajstić information content (AvgIpc) is 2.97. The van der Waals surface area contributed by atoms with Gasteiger partial charge in [-0.3, -0.25) is 9.59 Å². The lowest BCUT2D eigenvalue weighted by atomic mass is 10.1. The van der Waals surface area contributed by atoms with Crippen LogP contribution < -0.4 is 10.2 Å². The summed E-state index contributed by atoms with van der Waals surface area (Å²) >= 11 is 3.44. The number of fused-ring (bicyclic) bond motifs is 1. The summed E-state index contributed by atoms with van der Waals surface area (Å²) in [5, 5.41) is 2.81. The number of rotatable bonds is 4. The highest BCUT2D eigenvalue weighted by Gasteiger charge is 2.28. The van der Waals surface area contributed by atoms with Crippen LogP contribution in [0.3, 0.4) is 0 Å². The second kappa shape index (κ2) is 7.35. The first-order valence-electron chi connectivity index (χ1n) is 8.09. The van der Waals surface area contributed by atoms with Gasteiger partial charge in [0.25, 0.3) is 0 Å². The maximum Gasteiger partial charge on any atom is 0.227 e. The summed E-state index contributed by atoms with van der Waals surface area (Å²) in [6, 6.07) is 9.98. The van der Waals surface area contributed by atoms with Gasteiger partial charge in [-0.1, -0.05) is 28.1 Å². The zero-order valence-electron chi connectivity index (χ0n) is 13.8. The van der Waals surface area contributed by atoms with E-state index in [0.29, 0.717) is 25.1 Å². The molecule has 3 rings (SSSR count). The van der Waals surface area contributed by atoms with Gasteiger partial charge in [0.2, 0.25) is 11.8 Å². The van der Waals surface area contributed by atoms with E-state index in [4.69, 9.17) is 0 Å². The van der Waals surface area contributed by atoms with Gasteiger partial charge in [0.15, 0.2) is 0 Å². The van der Waals surface area contributed by atoms with E-state index in [-0.39, 0.29) is 17.6 Å². The van der Waals surface area contributed by atoms with Gasteiger partial charge in [0, 0.05) is 24.4 Å². The van der Waals surface area contributed by atoms with Gasteiger partial charge in [-0.25, -0.2) is 4.39 Å². The van der Waals surface area contributed by atoms with Crippen molar-refractivity contribution in [2.45, 2.75) is 26.2 Å². The van der Waals surface area contributed by atoms with Gasteiger partial charge >= 0.3 is 0 Å². The first kappa shape index (κ1) is 17.6. The van der Waals surface area contributed by atoms with Gasteiger partial charge in [0.05, 0.1) is 11.4 Å². The van der Waals surface area contributed by atoms with Crippen LogP contribution in [-0.2, 0) is 22.4 Å². The number of hydrogen-bond acceptors (Lipinski definition) is 2. The van der Waals surface area contributed by atoms with Crippen molar-refractivity contribution in [1.82, 2.24) is 0 Å². The fraction of sp³-hybridized carbons (Fsp3) is 0.263. The second-order valence-corrected chi connectivity index (χ2v) is 6.98. The Balaban J connectivity index is 1.78. The second-order valence-electron chi connectivity index (χ2n) is 6.06. The number of carbonyl (C=O) groups excluding carboxylic acids is 2. The summed E-state index contributed by atoms with van der Waals surface area (Å²) in [6.07, 6.45) is 1.64. The fourth-order valence-electron chi connectivity index (χ4n) is 3.08. The minimum Gasteiger partial charge on any atom is -0.324 e. The Morgan fingerprint density at radius 2 is 1.96 bits per heavy atom. The van der Waals surface area contributed by atoms with E-state index >= 15 is 0 Å². The first-order valence-corrected chi connectivity index (χ1v) is 8.88. The van der Waals surface area contributed by atoms with Crippen LogP contribution in [0.25, 0.3) is 0 Å². The molecule has 4 nitrogen and oxygen atoms in total. The molecule has 0 fully saturated rings. The average molecular weight is 405 g/mol. The van der Waals surface area contributed by atoms with Crippen LogP contribution >= 0.6 is 15.9 Å². The monoisotopic (exact) mass is 404 g/mol.